The Bertz CT molecular complexity index is 394. The molecule has 0 amide bonds. The molecule has 18 heavy (non-hydrogen) atoms. The van der Waals surface area contributed by atoms with Crippen LogP contribution in [0.2, 0.25) is 0 Å². The molecule has 0 aromatic heterocycles. The summed E-state index contributed by atoms with van der Waals surface area (Å²) in [5, 5.41) is 12.5. The molecular formula is C16H22N2. The van der Waals surface area contributed by atoms with Crippen molar-refractivity contribution in [3.8, 4) is 6.07 Å². The molecule has 1 N–H and O–H groups in total. The molecule has 0 saturated heterocycles. The molecule has 0 spiro atoms. The largest absolute Gasteiger partial charge is 0.314 e. The summed E-state index contributed by atoms with van der Waals surface area (Å²) in [6.07, 6.45) is 5.55. The average Bonchev–Trinajstić information content (AvgIpc) is 2.42. The summed E-state index contributed by atoms with van der Waals surface area (Å²) in [4.78, 5) is 0. The number of hydrogen-bond acceptors (Lipinski definition) is 2. The minimum atomic E-state index is 0.306. The van der Waals surface area contributed by atoms with Crippen molar-refractivity contribution in [2.75, 3.05) is 6.54 Å². The Morgan fingerprint density at radius 2 is 1.83 bits per heavy atom. The maximum Gasteiger partial charge on any atom is 0.0655 e. The zero-order valence-electron chi connectivity index (χ0n) is 11.2. The normalized spacial score (nSPS) is 23.6. The molecule has 1 aliphatic carbocycles. The van der Waals surface area contributed by atoms with Crippen molar-refractivity contribution in [1.29, 1.82) is 5.26 Å². The summed E-state index contributed by atoms with van der Waals surface area (Å²) in [5.74, 6) is 0.306. The molecule has 1 aromatic rings. The lowest BCUT2D eigenvalue weighted by molar-refractivity contribution is 0.334. The van der Waals surface area contributed by atoms with Gasteiger partial charge in [0, 0.05) is 12.0 Å². The van der Waals surface area contributed by atoms with Crippen LogP contribution >= 0.6 is 0 Å². The molecule has 0 aliphatic heterocycles. The van der Waals surface area contributed by atoms with E-state index in [9.17, 15) is 0 Å². The quantitative estimate of drug-likeness (QED) is 0.880. The van der Waals surface area contributed by atoms with E-state index < -0.39 is 0 Å². The monoisotopic (exact) mass is 242 g/mol. The second kappa shape index (κ2) is 6.56. The highest BCUT2D eigenvalue weighted by Crippen LogP contribution is 2.23. The fourth-order valence-corrected chi connectivity index (χ4v) is 2.60. The van der Waals surface area contributed by atoms with E-state index in [0.717, 1.165) is 38.6 Å². The minimum Gasteiger partial charge on any atom is -0.314 e. The van der Waals surface area contributed by atoms with Crippen LogP contribution in [0.3, 0.4) is 0 Å². The van der Waals surface area contributed by atoms with Gasteiger partial charge in [-0.3, -0.25) is 0 Å². The number of benzene rings is 1. The van der Waals surface area contributed by atoms with E-state index >= 15 is 0 Å². The lowest BCUT2D eigenvalue weighted by atomic mass is 9.87. The molecular weight excluding hydrogens is 220 g/mol. The Morgan fingerprint density at radius 1 is 1.17 bits per heavy atom. The molecule has 2 nitrogen and oxygen atoms in total. The third-order valence-corrected chi connectivity index (χ3v) is 3.88. The van der Waals surface area contributed by atoms with Crippen LogP contribution in [-0.2, 0) is 6.42 Å². The Kier molecular flexibility index (Phi) is 4.78. The van der Waals surface area contributed by atoms with Crippen molar-refractivity contribution in [2.24, 2.45) is 5.92 Å². The topological polar surface area (TPSA) is 35.8 Å². The maximum absolute atomic E-state index is 8.85. The van der Waals surface area contributed by atoms with Crippen LogP contribution in [-0.4, -0.2) is 12.6 Å². The van der Waals surface area contributed by atoms with Crippen LogP contribution < -0.4 is 5.32 Å². The number of aryl methyl sites for hydroxylation is 1. The zero-order chi connectivity index (χ0) is 12.8. The summed E-state index contributed by atoms with van der Waals surface area (Å²) >= 11 is 0. The number of hydrogen-bond donors (Lipinski definition) is 1. The van der Waals surface area contributed by atoms with Gasteiger partial charge in [-0.1, -0.05) is 29.8 Å². The Hall–Kier alpha value is -1.33. The fourth-order valence-electron chi connectivity index (χ4n) is 2.60. The van der Waals surface area contributed by atoms with Gasteiger partial charge in [0.15, 0.2) is 0 Å². The van der Waals surface area contributed by atoms with Gasteiger partial charge in [-0.2, -0.15) is 5.26 Å². The molecule has 1 aromatic carbocycles. The average molecular weight is 242 g/mol. The first kappa shape index (κ1) is 13.1. The molecule has 96 valence electrons. The van der Waals surface area contributed by atoms with Crippen molar-refractivity contribution < 1.29 is 0 Å². The van der Waals surface area contributed by atoms with E-state index in [1.807, 2.05) is 0 Å². The van der Waals surface area contributed by atoms with E-state index in [-0.39, 0.29) is 0 Å². The molecule has 1 aliphatic rings. The van der Waals surface area contributed by atoms with Crippen LogP contribution in [0.15, 0.2) is 24.3 Å². The van der Waals surface area contributed by atoms with Gasteiger partial charge in [-0.05, 0) is 51.1 Å². The molecule has 2 rings (SSSR count). The van der Waals surface area contributed by atoms with Gasteiger partial charge in [0.25, 0.3) is 0 Å². The van der Waals surface area contributed by atoms with Crippen LogP contribution in [0.4, 0.5) is 0 Å². The lowest BCUT2D eigenvalue weighted by Crippen LogP contribution is -2.34. The predicted molar refractivity (Wildman–Crippen MR) is 74.2 cm³/mol. The van der Waals surface area contributed by atoms with Crippen molar-refractivity contribution in [1.82, 2.24) is 5.32 Å². The molecule has 0 unspecified atom stereocenters. The lowest BCUT2D eigenvalue weighted by Gasteiger charge is -2.25. The van der Waals surface area contributed by atoms with Gasteiger partial charge in [0.2, 0.25) is 0 Å². The molecule has 1 saturated carbocycles. The Morgan fingerprint density at radius 3 is 2.44 bits per heavy atom. The smallest absolute Gasteiger partial charge is 0.0655 e. The van der Waals surface area contributed by atoms with Crippen molar-refractivity contribution in [3.63, 3.8) is 0 Å². The summed E-state index contributed by atoms with van der Waals surface area (Å²) in [6.45, 7) is 3.17. The number of nitrogens with one attached hydrogen (secondary N) is 1. The van der Waals surface area contributed by atoms with E-state index in [1.54, 1.807) is 0 Å². The van der Waals surface area contributed by atoms with Crippen LogP contribution in [0.25, 0.3) is 0 Å². The summed E-state index contributed by atoms with van der Waals surface area (Å²) in [6, 6.07) is 11.8. The molecule has 1 fully saturated rings. The van der Waals surface area contributed by atoms with E-state index in [1.165, 1.54) is 11.1 Å². The number of nitrogens with zero attached hydrogens (tertiary/aromatic N) is 1. The highest BCUT2D eigenvalue weighted by molar-refractivity contribution is 5.21. The van der Waals surface area contributed by atoms with E-state index in [4.69, 9.17) is 5.26 Å². The van der Waals surface area contributed by atoms with Crippen molar-refractivity contribution in [2.45, 2.75) is 45.1 Å². The van der Waals surface area contributed by atoms with Gasteiger partial charge in [0.1, 0.15) is 0 Å². The summed E-state index contributed by atoms with van der Waals surface area (Å²) < 4.78 is 0. The minimum absolute atomic E-state index is 0.306. The molecule has 2 heteroatoms. The van der Waals surface area contributed by atoms with Gasteiger partial charge >= 0.3 is 0 Å². The second-order valence-electron chi connectivity index (χ2n) is 5.37. The maximum atomic E-state index is 8.85. The van der Waals surface area contributed by atoms with E-state index in [0.29, 0.717) is 12.0 Å². The van der Waals surface area contributed by atoms with Crippen molar-refractivity contribution in [3.05, 3.63) is 35.4 Å². The number of rotatable bonds is 4. The summed E-state index contributed by atoms with van der Waals surface area (Å²) in [5.41, 5.74) is 2.72. The first-order chi connectivity index (χ1) is 8.78. The molecule has 0 bridgehead atoms. The Balaban J connectivity index is 1.67. The highest BCUT2D eigenvalue weighted by atomic mass is 14.9. The zero-order valence-corrected chi connectivity index (χ0v) is 11.2. The number of nitriles is 1. The third-order valence-electron chi connectivity index (χ3n) is 3.88. The van der Waals surface area contributed by atoms with Crippen LogP contribution in [0, 0.1) is 24.2 Å². The van der Waals surface area contributed by atoms with Gasteiger partial charge in [-0.15, -0.1) is 0 Å². The van der Waals surface area contributed by atoms with Crippen LogP contribution in [0.1, 0.15) is 36.8 Å². The SMILES string of the molecule is Cc1ccc(CCNC2CCC(C#N)CC2)cc1. The molecule has 0 atom stereocenters. The first-order valence-corrected chi connectivity index (χ1v) is 6.96. The van der Waals surface area contributed by atoms with Gasteiger partial charge in [-0.25, -0.2) is 0 Å². The van der Waals surface area contributed by atoms with Crippen LogP contribution in [0.5, 0.6) is 0 Å². The standard InChI is InChI=1S/C16H22N2/c1-13-2-4-14(5-3-13)10-11-18-16-8-6-15(12-17)7-9-16/h2-5,15-16,18H,6-11H2,1H3. The Labute approximate surface area is 110 Å². The predicted octanol–water partition coefficient (Wildman–Crippen LogP) is 3.21. The summed E-state index contributed by atoms with van der Waals surface area (Å²) in [7, 11) is 0. The molecule has 0 radical (unpaired) electrons. The van der Waals surface area contributed by atoms with E-state index in [2.05, 4.69) is 42.6 Å². The molecule has 0 heterocycles. The first-order valence-electron chi connectivity index (χ1n) is 6.96. The third kappa shape index (κ3) is 3.85. The van der Waals surface area contributed by atoms with Crippen molar-refractivity contribution >= 4 is 0 Å². The van der Waals surface area contributed by atoms with Gasteiger partial charge < -0.3 is 5.32 Å². The second-order valence-corrected chi connectivity index (χ2v) is 5.37. The van der Waals surface area contributed by atoms with Gasteiger partial charge in [0.05, 0.1) is 6.07 Å². The fraction of sp³-hybridized carbons (Fsp3) is 0.562. The highest BCUT2D eigenvalue weighted by Gasteiger charge is 2.19.